The molecular weight excluding hydrogens is 392 g/mol. The number of nitrogens with zero attached hydrogens (tertiary/aromatic N) is 2. The lowest BCUT2D eigenvalue weighted by atomic mass is 10.1. The number of sulfone groups is 1. The average molecular weight is 417 g/mol. The number of hydrogen-bond donors (Lipinski definition) is 2. The third-order valence-corrected chi connectivity index (χ3v) is 6.12. The summed E-state index contributed by atoms with van der Waals surface area (Å²) in [5, 5.41) is 5.64. The Labute approximate surface area is 168 Å². The van der Waals surface area contributed by atoms with E-state index in [1.165, 1.54) is 6.07 Å². The predicted molar refractivity (Wildman–Crippen MR) is 110 cm³/mol. The number of carbonyl (C=O) groups is 1. The van der Waals surface area contributed by atoms with Gasteiger partial charge in [-0.1, -0.05) is 12.1 Å². The second-order valence-corrected chi connectivity index (χ2v) is 9.22. The van der Waals surface area contributed by atoms with Crippen LogP contribution in [0.1, 0.15) is 41.9 Å². The molecule has 0 aliphatic carbocycles. The summed E-state index contributed by atoms with van der Waals surface area (Å²) in [4.78, 5) is 28.6. The number of rotatable bonds is 6. The number of aryl methyl sites for hydroxylation is 2. The van der Waals surface area contributed by atoms with Crippen LogP contribution >= 0.6 is 0 Å². The molecule has 1 atom stereocenters. The van der Waals surface area contributed by atoms with E-state index in [0.717, 1.165) is 28.8 Å². The van der Waals surface area contributed by atoms with Crippen LogP contribution in [-0.2, 0) is 21.1 Å². The van der Waals surface area contributed by atoms with Crippen molar-refractivity contribution in [2.45, 2.75) is 44.6 Å². The van der Waals surface area contributed by atoms with Gasteiger partial charge in [-0.2, -0.15) is 0 Å². The van der Waals surface area contributed by atoms with Gasteiger partial charge in [-0.3, -0.25) is 14.7 Å². The molecule has 2 aromatic heterocycles. The molecule has 3 rings (SSSR count). The molecule has 0 aliphatic rings. The number of amides is 1. The molecule has 3 aromatic rings. The fourth-order valence-corrected chi connectivity index (χ4v) is 3.99. The van der Waals surface area contributed by atoms with Crippen LogP contribution in [0.4, 0.5) is 0 Å². The lowest BCUT2D eigenvalue weighted by molar-refractivity contribution is -0.121. The van der Waals surface area contributed by atoms with Gasteiger partial charge in [0, 0.05) is 30.1 Å². The molecule has 9 heteroatoms. The third kappa shape index (κ3) is 4.56. The number of aromatic nitrogens is 3. The summed E-state index contributed by atoms with van der Waals surface area (Å²) in [6.07, 6.45) is 1.92. The number of fused-ring (bicyclic) bond motifs is 1. The maximum Gasteiger partial charge on any atom is 0.266 e. The van der Waals surface area contributed by atoms with Crippen molar-refractivity contribution < 1.29 is 13.2 Å². The Hall–Kier alpha value is -2.94. The molecule has 0 bridgehead atoms. The molecular formula is C20H24N4O4S. The fourth-order valence-electron chi connectivity index (χ4n) is 3.36. The van der Waals surface area contributed by atoms with Crippen LogP contribution in [0.2, 0.25) is 0 Å². The minimum atomic E-state index is -3.25. The summed E-state index contributed by atoms with van der Waals surface area (Å²) >= 11 is 0. The standard InChI is InChI=1S/C20H24N4O4S/c1-12(15-5-7-16(8-6-15)29(4,27)28)22-19(25)10-9-17-13(2)21-18-11-20(26)23-24(18)14(17)3/h5-8,11-12H,9-10H2,1-4H3,(H,22,25)(H,23,26). The van der Waals surface area contributed by atoms with Crippen LogP contribution in [0, 0.1) is 13.8 Å². The van der Waals surface area contributed by atoms with Gasteiger partial charge in [-0.05, 0) is 50.5 Å². The molecule has 0 radical (unpaired) electrons. The van der Waals surface area contributed by atoms with Crippen molar-refractivity contribution in [3.05, 3.63) is 63.2 Å². The molecule has 8 nitrogen and oxygen atoms in total. The van der Waals surface area contributed by atoms with Gasteiger partial charge in [-0.15, -0.1) is 0 Å². The van der Waals surface area contributed by atoms with E-state index >= 15 is 0 Å². The van der Waals surface area contributed by atoms with Crippen LogP contribution < -0.4 is 10.9 Å². The lowest BCUT2D eigenvalue weighted by Crippen LogP contribution is -2.27. The van der Waals surface area contributed by atoms with Crippen LogP contribution in [0.5, 0.6) is 0 Å². The summed E-state index contributed by atoms with van der Waals surface area (Å²) < 4.78 is 24.7. The van der Waals surface area contributed by atoms with Crippen molar-refractivity contribution in [3.8, 4) is 0 Å². The first-order valence-electron chi connectivity index (χ1n) is 9.23. The predicted octanol–water partition coefficient (Wildman–Crippen LogP) is 1.85. The number of benzene rings is 1. The highest BCUT2D eigenvalue weighted by molar-refractivity contribution is 7.90. The van der Waals surface area contributed by atoms with E-state index in [0.29, 0.717) is 12.1 Å². The Bertz CT molecular complexity index is 1220. The van der Waals surface area contributed by atoms with E-state index in [1.54, 1.807) is 28.8 Å². The van der Waals surface area contributed by atoms with E-state index in [-0.39, 0.29) is 28.8 Å². The third-order valence-electron chi connectivity index (χ3n) is 4.99. The topological polar surface area (TPSA) is 113 Å². The van der Waals surface area contributed by atoms with Gasteiger partial charge in [0.05, 0.1) is 10.9 Å². The van der Waals surface area contributed by atoms with Crippen molar-refractivity contribution >= 4 is 21.4 Å². The van der Waals surface area contributed by atoms with Gasteiger partial charge in [0.25, 0.3) is 5.56 Å². The monoisotopic (exact) mass is 416 g/mol. The first kappa shape index (κ1) is 20.8. The fraction of sp³-hybridized carbons (Fsp3) is 0.350. The quantitative estimate of drug-likeness (QED) is 0.637. The second kappa shape index (κ2) is 7.82. The summed E-state index contributed by atoms with van der Waals surface area (Å²) in [5.41, 5.74) is 3.73. The molecule has 2 N–H and O–H groups in total. The van der Waals surface area contributed by atoms with Crippen molar-refractivity contribution in [1.29, 1.82) is 0 Å². The minimum Gasteiger partial charge on any atom is -0.350 e. The van der Waals surface area contributed by atoms with Gasteiger partial charge in [-0.25, -0.2) is 17.9 Å². The van der Waals surface area contributed by atoms with E-state index in [9.17, 15) is 18.0 Å². The normalized spacial score (nSPS) is 12.8. The van der Waals surface area contributed by atoms with Gasteiger partial charge in [0.15, 0.2) is 15.5 Å². The molecule has 0 saturated heterocycles. The van der Waals surface area contributed by atoms with Gasteiger partial charge < -0.3 is 5.32 Å². The first-order valence-corrected chi connectivity index (χ1v) is 11.1. The number of carbonyl (C=O) groups excluding carboxylic acids is 1. The Morgan fingerprint density at radius 2 is 1.90 bits per heavy atom. The summed E-state index contributed by atoms with van der Waals surface area (Å²) in [7, 11) is -3.25. The maximum atomic E-state index is 12.4. The SMILES string of the molecule is Cc1nc2cc(=O)[nH]n2c(C)c1CCC(=O)NC(C)c1ccc(S(C)(=O)=O)cc1. The van der Waals surface area contributed by atoms with E-state index in [2.05, 4.69) is 15.4 Å². The van der Waals surface area contributed by atoms with E-state index in [4.69, 9.17) is 0 Å². The van der Waals surface area contributed by atoms with Crippen LogP contribution in [-0.4, -0.2) is 35.2 Å². The number of H-pyrrole nitrogens is 1. The van der Waals surface area contributed by atoms with Crippen molar-refractivity contribution in [1.82, 2.24) is 19.9 Å². The molecule has 2 heterocycles. The van der Waals surface area contributed by atoms with Crippen molar-refractivity contribution in [3.63, 3.8) is 0 Å². The minimum absolute atomic E-state index is 0.121. The van der Waals surface area contributed by atoms with Gasteiger partial charge >= 0.3 is 0 Å². The molecule has 0 fully saturated rings. The lowest BCUT2D eigenvalue weighted by Gasteiger charge is -2.16. The Morgan fingerprint density at radius 1 is 1.24 bits per heavy atom. The molecule has 0 aliphatic heterocycles. The molecule has 0 saturated carbocycles. The Kier molecular flexibility index (Phi) is 5.61. The molecule has 1 unspecified atom stereocenters. The molecule has 0 spiro atoms. The molecule has 29 heavy (non-hydrogen) atoms. The molecule has 1 aromatic carbocycles. The van der Waals surface area contributed by atoms with Gasteiger partial charge in [0.1, 0.15) is 0 Å². The van der Waals surface area contributed by atoms with E-state index in [1.807, 2.05) is 20.8 Å². The van der Waals surface area contributed by atoms with E-state index < -0.39 is 9.84 Å². The Balaban J connectivity index is 1.67. The zero-order valence-corrected chi connectivity index (χ0v) is 17.6. The Morgan fingerprint density at radius 3 is 2.52 bits per heavy atom. The van der Waals surface area contributed by atoms with Crippen LogP contribution in [0.25, 0.3) is 5.65 Å². The largest absolute Gasteiger partial charge is 0.350 e. The molecule has 1 amide bonds. The average Bonchev–Trinajstić information content (AvgIpc) is 3.01. The number of hydrogen-bond acceptors (Lipinski definition) is 5. The first-order chi connectivity index (χ1) is 13.6. The number of aromatic amines is 1. The molecule has 154 valence electrons. The smallest absolute Gasteiger partial charge is 0.266 e. The van der Waals surface area contributed by atoms with Crippen molar-refractivity contribution in [2.75, 3.05) is 6.26 Å². The highest BCUT2D eigenvalue weighted by Crippen LogP contribution is 2.18. The van der Waals surface area contributed by atoms with Crippen LogP contribution in [0.3, 0.4) is 0 Å². The van der Waals surface area contributed by atoms with Crippen molar-refractivity contribution in [2.24, 2.45) is 0 Å². The summed E-state index contributed by atoms with van der Waals surface area (Å²) in [5.74, 6) is -0.121. The van der Waals surface area contributed by atoms with Gasteiger partial charge in [0.2, 0.25) is 5.91 Å². The highest BCUT2D eigenvalue weighted by atomic mass is 32.2. The second-order valence-electron chi connectivity index (χ2n) is 7.21. The van der Waals surface area contributed by atoms with Crippen LogP contribution in [0.15, 0.2) is 40.0 Å². The zero-order valence-electron chi connectivity index (χ0n) is 16.8. The maximum absolute atomic E-state index is 12.4. The summed E-state index contributed by atoms with van der Waals surface area (Å²) in [6.45, 7) is 5.60. The number of nitrogens with one attached hydrogen (secondary N) is 2. The zero-order chi connectivity index (χ0) is 21.3. The summed E-state index contributed by atoms with van der Waals surface area (Å²) in [6, 6.07) is 7.68. The highest BCUT2D eigenvalue weighted by Gasteiger charge is 2.15.